The zero-order valence-electron chi connectivity index (χ0n) is 12.2. The summed E-state index contributed by atoms with van der Waals surface area (Å²) < 4.78 is 18.4. The van der Waals surface area contributed by atoms with Gasteiger partial charge in [0, 0.05) is 12.7 Å². The van der Waals surface area contributed by atoms with Crippen LogP contribution in [0, 0.1) is 17.1 Å². The summed E-state index contributed by atoms with van der Waals surface area (Å²) >= 11 is 0. The van der Waals surface area contributed by atoms with Crippen LogP contribution < -0.4 is 5.32 Å². The van der Waals surface area contributed by atoms with Crippen LogP contribution in [0.2, 0.25) is 0 Å². The molecule has 2 rings (SSSR count). The number of nitrogens with zero attached hydrogens (tertiary/aromatic N) is 2. The molecule has 0 aliphatic carbocycles. The molecule has 0 atom stereocenters. The molecule has 6 heteroatoms. The van der Waals surface area contributed by atoms with E-state index in [1.54, 1.807) is 18.2 Å². The van der Waals surface area contributed by atoms with Crippen LogP contribution in [0.5, 0.6) is 0 Å². The third-order valence-electron chi connectivity index (χ3n) is 2.86. The lowest BCUT2D eigenvalue weighted by molar-refractivity contribution is 0.141. The maximum atomic E-state index is 13.3. The zero-order chi connectivity index (χ0) is 16.5. The fourth-order valence-electron chi connectivity index (χ4n) is 1.74. The summed E-state index contributed by atoms with van der Waals surface area (Å²) in [6.07, 6.45) is 4.06. The van der Waals surface area contributed by atoms with Crippen molar-refractivity contribution >= 4 is 12.2 Å². The van der Waals surface area contributed by atoms with Crippen molar-refractivity contribution < 1.29 is 13.9 Å². The van der Waals surface area contributed by atoms with Gasteiger partial charge in [-0.05, 0) is 17.2 Å². The molecule has 23 heavy (non-hydrogen) atoms. The number of hydrogen-bond acceptors (Lipinski definition) is 4. The molecule has 1 amide bonds. The number of pyridine rings is 1. The van der Waals surface area contributed by atoms with Crippen LogP contribution in [0.1, 0.15) is 16.8 Å². The lowest BCUT2D eigenvalue weighted by Gasteiger charge is -2.05. The van der Waals surface area contributed by atoms with Gasteiger partial charge in [0.1, 0.15) is 12.7 Å². The van der Waals surface area contributed by atoms with Gasteiger partial charge in [-0.3, -0.25) is 0 Å². The monoisotopic (exact) mass is 311 g/mol. The van der Waals surface area contributed by atoms with E-state index in [0.29, 0.717) is 5.56 Å². The second kappa shape index (κ2) is 8.29. The number of amides is 1. The topological polar surface area (TPSA) is 75.0 Å². The summed E-state index contributed by atoms with van der Waals surface area (Å²) in [4.78, 5) is 15.2. The van der Waals surface area contributed by atoms with Gasteiger partial charge in [-0.15, -0.1) is 0 Å². The largest absolute Gasteiger partial charge is 0.445 e. The molecule has 1 aromatic carbocycles. The van der Waals surface area contributed by atoms with E-state index in [4.69, 9.17) is 10.00 Å². The second-order valence-electron chi connectivity index (χ2n) is 4.56. The van der Waals surface area contributed by atoms with E-state index in [1.165, 1.54) is 12.3 Å². The van der Waals surface area contributed by atoms with E-state index in [0.717, 1.165) is 5.56 Å². The number of aromatic nitrogens is 1. The summed E-state index contributed by atoms with van der Waals surface area (Å²) in [5.41, 5.74) is 1.16. The number of nitrogens with one attached hydrogen (secondary N) is 1. The fraction of sp³-hybridized carbons (Fsp3) is 0.118. The fourth-order valence-corrected chi connectivity index (χ4v) is 1.74. The third kappa shape index (κ3) is 5.25. The van der Waals surface area contributed by atoms with Crippen LogP contribution in [0.25, 0.3) is 6.08 Å². The molecule has 0 saturated carbocycles. The minimum Gasteiger partial charge on any atom is -0.445 e. The maximum Gasteiger partial charge on any atom is 0.407 e. The average molecular weight is 311 g/mol. The molecule has 2 aromatic rings. The van der Waals surface area contributed by atoms with Crippen molar-refractivity contribution in [1.82, 2.24) is 10.3 Å². The average Bonchev–Trinajstić information content (AvgIpc) is 2.58. The Morgan fingerprint density at radius 2 is 2.17 bits per heavy atom. The quantitative estimate of drug-likeness (QED) is 0.921. The molecular formula is C17H14FN3O2. The molecule has 1 N–H and O–H groups in total. The van der Waals surface area contributed by atoms with Crippen LogP contribution in [0.15, 0.2) is 48.7 Å². The summed E-state index contributed by atoms with van der Waals surface area (Å²) in [7, 11) is 0. The summed E-state index contributed by atoms with van der Waals surface area (Å²) in [6.45, 7) is 0.427. The standard InChI is InChI=1S/C17H14FN3O2/c18-15-9-14(11-21-16(15)10-19)7-4-8-20-17(22)23-12-13-5-2-1-3-6-13/h1-7,9,11H,8,12H2,(H,20,22). The van der Waals surface area contributed by atoms with E-state index in [1.807, 2.05) is 30.3 Å². The number of rotatable bonds is 5. The zero-order valence-corrected chi connectivity index (χ0v) is 12.2. The molecule has 0 aliphatic rings. The van der Waals surface area contributed by atoms with Crippen LogP contribution in [0.4, 0.5) is 9.18 Å². The van der Waals surface area contributed by atoms with Gasteiger partial charge in [0.2, 0.25) is 0 Å². The summed E-state index contributed by atoms with van der Waals surface area (Å²) in [6, 6.07) is 12.2. The lowest BCUT2D eigenvalue weighted by Crippen LogP contribution is -2.24. The number of hydrogen-bond donors (Lipinski definition) is 1. The van der Waals surface area contributed by atoms with Crippen LogP contribution in [-0.4, -0.2) is 17.6 Å². The van der Waals surface area contributed by atoms with E-state index in [2.05, 4.69) is 10.3 Å². The van der Waals surface area contributed by atoms with E-state index < -0.39 is 11.9 Å². The second-order valence-corrected chi connectivity index (χ2v) is 4.56. The van der Waals surface area contributed by atoms with Crippen molar-refractivity contribution in [2.24, 2.45) is 0 Å². The number of halogens is 1. The van der Waals surface area contributed by atoms with Crippen molar-refractivity contribution in [2.45, 2.75) is 6.61 Å². The number of ether oxygens (including phenoxy) is 1. The summed E-state index contributed by atoms with van der Waals surface area (Å²) in [5.74, 6) is -0.676. The molecule has 116 valence electrons. The van der Waals surface area contributed by atoms with Gasteiger partial charge in [-0.2, -0.15) is 5.26 Å². The molecule has 0 saturated heterocycles. The molecule has 1 aromatic heterocycles. The Morgan fingerprint density at radius 1 is 1.39 bits per heavy atom. The van der Waals surface area contributed by atoms with Gasteiger partial charge in [0.25, 0.3) is 0 Å². The van der Waals surface area contributed by atoms with Crippen molar-refractivity contribution in [3.8, 4) is 6.07 Å². The smallest absolute Gasteiger partial charge is 0.407 e. The molecule has 1 heterocycles. The molecule has 0 aliphatic heterocycles. The van der Waals surface area contributed by atoms with E-state index in [9.17, 15) is 9.18 Å². The van der Waals surface area contributed by atoms with Gasteiger partial charge < -0.3 is 10.1 Å². The predicted molar refractivity (Wildman–Crippen MR) is 82.6 cm³/mol. The minimum absolute atomic E-state index is 0.196. The Bertz CT molecular complexity index is 739. The van der Waals surface area contributed by atoms with Crippen molar-refractivity contribution in [3.63, 3.8) is 0 Å². The Hall–Kier alpha value is -3.20. The Labute approximate surface area is 133 Å². The Balaban J connectivity index is 1.75. The number of benzene rings is 1. The number of carbonyl (C=O) groups excluding carboxylic acids is 1. The van der Waals surface area contributed by atoms with Gasteiger partial charge >= 0.3 is 6.09 Å². The van der Waals surface area contributed by atoms with Crippen molar-refractivity contribution in [3.05, 3.63) is 71.3 Å². The first-order chi connectivity index (χ1) is 11.2. The van der Waals surface area contributed by atoms with E-state index >= 15 is 0 Å². The maximum absolute atomic E-state index is 13.3. The number of alkyl carbamates (subject to hydrolysis) is 1. The van der Waals surface area contributed by atoms with Gasteiger partial charge in [-0.1, -0.05) is 42.5 Å². The first-order valence-corrected chi connectivity index (χ1v) is 6.86. The van der Waals surface area contributed by atoms with Crippen molar-refractivity contribution in [1.29, 1.82) is 5.26 Å². The van der Waals surface area contributed by atoms with Crippen LogP contribution >= 0.6 is 0 Å². The van der Waals surface area contributed by atoms with Crippen LogP contribution in [0.3, 0.4) is 0 Å². The van der Waals surface area contributed by atoms with Gasteiger partial charge in [0.05, 0.1) is 0 Å². The highest BCUT2D eigenvalue weighted by Gasteiger charge is 2.03. The molecule has 5 nitrogen and oxygen atoms in total. The van der Waals surface area contributed by atoms with Crippen LogP contribution in [-0.2, 0) is 11.3 Å². The summed E-state index contributed by atoms with van der Waals surface area (Å²) in [5, 5.41) is 11.1. The lowest BCUT2D eigenvalue weighted by atomic mass is 10.2. The first kappa shape index (κ1) is 16.2. The highest BCUT2D eigenvalue weighted by Crippen LogP contribution is 2.07. The normalized spacial score (nSPS) is 10.3. The number of nitriles is 1. The first-order valence-electron chi connectivity index (χ1n) is 6.86. The number of carbonyl (C=O) groups is 1. The molecule has 0 fully saturated rings. The third-order valence-corrected chi connectivity index (χ3v) is 2.86. The van der Waals surface area contributed by atoms with E-state index in [-0.39, 0.29) is 18.8 Å². The Morgan fingerprint density at radius 3 is 2.87 bits per heavy atom. The molecule has 0 bridgehead atoms. The van der Waals surface area contributed by atoms with Gasteiger partial charge in [-0.25, -0.2) is 14.2 Å². The molecular weight excluding hydrogens is 297 g/mol. The predicted octanol–water partition coefficient (Wildman–Crippen LogP) is 3.03. The Kier molecular flexibility index (Phi) is 5.83. The minimum atomic E-state index is -0.676. The SMILES string of the molecule is N#Cc1ncc(C=CCNC(=O)OCc2ccccc2)cc1F. The van der Waals surface area contributed by atoms with Crippen molar-refractivity contribution in [2.75, 3.05) is 6.54 Å². The van der Waals surface area contributed by atoms with Gasteiger partial charge in [0.15, 0.2) is 11.5 Å². The molecule has 0 radical (unpaired) electrons. The molecule has 0 unspecified atom stereocenters. The highest BCUT2D eigenvalue weighted by atomic mass is 19.1. The highest BCUT2D eigenvalue weighted by molar-refractivity contribution is 5.67. The molecule has 0 spiro atoms.